The highest BCUT2D eigenvalue weighted by molar-refractivity contribution is 9.10. The molecule has 2 heteroatoms. The summed E-state index contributed by atoms with van der Waals surface area (Å²) in [5, 5.41) is 2.62. The Kier molecular flexibility index (Phi) is 6.94. The zero-order valence-corrected chi connectivity index (χ0v) is 19.8. The van der Waals surface area contributed by atoms with Crippen molar-refractivity contribution in [1.82, 2.24) is 4.57 Å². The molecule has 0 radical (unpaired) electrons. The highest BCUT2D eigenvalue weighted by Crippen LogP contribution is 2.35. The van der Waals surface area contributed by atoms with Crippen LogP contribution in [0.4, 0.5) is 0 Å². The van der Waals surface area contributed by atoms with Crippen LogP contribution in [-0.4, -0.2) is 4.57 Å². The highest BCUT2D eigenvalue weighted by Gasteiger charge is 2.14. The van der Waals surface area contributed by atoms with Crippen molar-refractivity contribution < 1.29 is 0 Å². The van der Waals surface area contributed by atoms with E-state index in [2.05, 4.69) is 101 Å². The molecule has 4 rings (SSSR count). The molecule has 0 fully saturated rings. The van der Waals surface area contributed by atoms with Crippen LogP contribution in [0.5, 0.6) is 0 Å². The Hall–Kier alpha value is -2.06. The molecule has 156 valence electrons. The van der Waals surface area contributed by atoms with Crippen molar-refractivity contribution in [2.24, 2.45) is 5.92 Å². The first-order valence-corrected chi connectivity index (χ1v) is 12.3. The van der Waals surface area contributed by atoms with E-state index in [9.17, 15) is 0 Å². The highest BCUT2D eigenvalue weighted by atomic mass is 79.9. The van der Waals surface area contributed by atoms with E-state index in [0.717, 1.165) is 16.8 Å². The van der Waals surface area contributed by atoms with Crippen LogP contribution in [0.15, 0.2) is 71.2 Å². The van der Waals surface area contributed by atoms with Crippen molar-refractivity contribution in [2.75, 3.05) is 0 Å². The Balaban J connectivity index is 1.65. The third-order valence-corrected chi connectivity index (χ3v) is 6.80. The van der Waals surface area contributed by atoms with E-state index < -0.39 is 0 Å². The van der Waals surface area contributed by atoms with Crippen molar-refractivity contribution in [1.29, 1.82) is 0 Å². The van der Waals surface area contributed by atoms with Gasteiger partial charge in [0.2, 0.25) is 0 Å². The molecule has 0 aliphatic heterocycles. The monoisotopic (exact) mass is 461 g/mol. The maximum Gasteiger partial charge on any atom is 0.0541 e. The summed E-state index contributed by atoms with van der Waals surface area (Å²) in [5.41, 5.74) is 5.33. The summed E-state index contributed by atoms with van der Waals surface area (Å²) in [6, 6.07) is 24.4. The van der Waals surface area contributed by atoms with Gasteiger partial charge in [0.1, 0.15) is 0 Å². The number of rotatable bonds is 9. The number of aryl methyl sites for hydroxylation is 1. The van der Waals surface area contributed by atoms with Crippen LogP contribution in [0, 0.1) is 5.92 Å². The van der Waals surface area contributed by atoms with Crippen LogP contribution < -0.4 is 0 Å². The number of aromatic nitrogens is 1. The number of halogens is 1. The molecule has 0 N–H and O–H groups in total. The maximum absolute atomic E-state index is 3.66. The van der Waals surface area contributed by atoms with Gasteiger partial charge >= 0.3 is 0 Å². The van der Waals surface area contributed by atoms with Crippen LogP contribution in [0.2, 0.25) is 0 Å². The molecular weight excluding hydrogens is 430 g/mol. The van der Waals surface area contributed by atoms with Crippen LogP contribution in [0.25, 0.3) is 27.5 Å². The first-order chi connectivity index (χ1) is 14.7. The van der Waals surface area contributed by atoms with E-state index in [0.29, 0.717) is 0 Å². The Morgan fingerprint density at radius 2 is 1.53 bits per heavy atom. The number of fused-ring (bicyclic) bond motifs is 3. The molecule has 0 aliphatic rings. The van der Waals surface area contributed by atoms with Gasteiger partial charge in [0, 0.05) is 20.9 Å². The zero-order chi connectivity index (χ0) is 20.9. The quantitative estimate of drug-likeness (QED) is 0.219. The van der Waals surface area contributed by atoms with Crippen molar-refractivity contribution in [3.05, 3.63) is 76.8 Å². The summed E-state index contributed by atoms with van der Waals surface area (Å²) in [4.78, 5) is 0. The molecule has 0 saturated heterocycles. The van der Waals surface area contributed by atoms with E-state index in [4.69, 9.17) is 0 Å². The van der Waals surface area contributed by atoms with E-state index in [-0.39, 0.29) is 0 Å². The molecule has 30 heavy (non-hydrogen) atoms. The smallest absolute Gasteiger partial charge is 0.0541 e. The second-order valence-corrected chi connectivity index (χ2v) is 9.55. The number of para-hydroxylation sites is 2. The Labute approximate surface area is 189 Å². The number of benzene rings is 3. The molecule has 0 bridgehead atoms. The molecule has 0 amide bonds. The van der Waals surface area contributed by atoms with E-state index in [1.165, 1.54) is 71.6 Å². The lowest BCUT2D eigenvalue weighted by Gasteiger charge is -2.15. The fourth-order valence-electron chi connectivity index (χ4n) is 4.67. The van der Waals surface area contributed by atoms with Gasteiger partial charge in [-0.1, -0.05) is 98.3 Å². The Morgan fingerprint density at radius 1 is 0.800 bits per heavy atom. The van der Waals surface area contributed by atoms with Crippen LogP contribution in [-0.2, 0) is 6.42 Å². The average molecular weight is 462 g/mol. The average Bonchev–Trinajstić information content (AvgIpc) is 3.08. The van der Waals surface area contributed by atoms with Crippen LogP contribution in [0.3, 0.4) is 0 Å². The molecule has 0 spiro atoms. The van der Waals surface area contributed by atoms with Gasteiger partial charge in [0.15, 0.2) is 0 Å². The van der Waals surface area contributed by atoms with Gasteiger partial charge in [0.05, 0.1) is 11.0 Å². The van der Waals surface area contributed by atoms with E-state index >= 15 is 0 Å². The van der Waals surface area contributed by atoms with Crippen molar-refractivity contribution >= 4 is 37.7 Å². The first-order valence-electron chi connectivity index (χ1n) is 11.5. The molecule has 1 unspecified atom stereocenters. The van der Waals surface area contributed by atoms with Gasteiger partial charge in [-0.15, -0.1) is 0 Å². The number of hydrogen-bond acceptors (Lipinski definition) is 0. The lowest BCUT2D eigenvalue weighted by molar-refractivity contribution is 0.450. The molecule has 1 atom stereocenters. The maximum atomic E-state index is 3.66. The van der Waals surface area contributed by atoms with Gasteiger partial charge in [0.25, 0.3) is 0 Å². The third-order valence-electron chi connectivity index (χ3n) is 6.31. The normalized spacial score (nSPS) is 12.6. The molecule has 3 aromatic carbocycles. The summed E-state index contributed by atoms with van der Waals surface area (Å²) in [6.07, 6.45) is 9.15. The second kappa shape index (κ2) is 9.83. The van der Waals surface area contributed by atoms with Gasteiger partial charge in [-0.25, -0.2) is 0 Å². The largest absolute Gasteiger partial charge is 0.309 e. The predicted molar refractivity (Wildman–Crippen MR) is 135 cm³/mol. The van der Waals surface area contributed by atoms with Gasteiger partial charge in [-0.2, -0.15) is 0 Å². The van der Waals surface area contributed by atoms with Crippen molar-refractivity contribution in [3.63, 3.8) is 0 Å². The van der Waals surface area contributed by atoms with Crippen molar-refractivity contribution in [3.8, 4) is 5.69 Å². The fraction of sp³-hybridized carbons (Fsp3) is 0.357. The number of unbranched alkanes of at least 4 members (excludes halogenated alkanes) is 2. The topological polar surface area (TPSA) is 4.93 Å². The Bertz CT molecular complexity index is 1120. The SMILES string of the molecule is CCCCCC(C)CCCc1ccccc1-n1c2ccccc2c2cc(Br)ccc21. The molecule has 0 aliphatic carbocycles. The lowest BCUT2D eigenvalue weighted by atomic mass is 9.95. The summed E-state index contributed by atoms with van der Waals surface area (Å²) >= 11 is 3.66. The third kappa shape index (κ3) is 4.49. The lowest BCUT2D eigenvalue weighted by Crippen LogP contribution is -2.01. The first kappa shape index (κ1) is 21.2. The summed E-state index contributed by atoms with van der Waals surface area (Å²) in [5.74, 6) is 0.828. The molecule has 1 aromatic heterocycles. The van der Waals surface area contributed by atoms with Gasteiger partial charge in [-0.05, 0) is 54.7 Å². The van der Waals surface area contributed by atoms with E-state index in [1.807, 2.05) is 0 Å². The summed E-state index contributed by atoms with van der Waals surface area (Å²) in [7, 11) is 0. The van der Waals surface area contributed by atoms with Gasteiger partial charge in [-0.3, -0.25) is 0 Å². The molecule has 0 saturated carbocycles. The van der Waals surface area contributed by atoms with Crippen molar-refractivity contribution in [2.45, 2.75) is 58.8 Å². The minimum Gasteiger partial charge on any atom is -0.309 e. The minimum absolute atomic E-state index is 0.828. The summed E-state index contributed by atoms with van der Waals surface area (Å²) in [6.45, 7) is 4.71. The minimum atomic E-state index is 0.828. The zero-order valence-electron chi connectivity index (χ0n) is 18.2. The standard InChI is InChI=1S/C28H32BrN/c1-3-4-5-11-21(2)12-10-14-22-13-6-8-16-26(22)30-27-17-9-7-15-24(27)25-20-23(29)18-19-28(25)30/h6-9,13,15-21H,3-5,10-12,14H2,1-2H3. The second-order valence-electron chi connectivity index (χ2n) is 8.64. The molecule has 1 nitrogen and oxygen atoms in total. The Morgan fingerprint density at radius 3 is 2.40 bits per heavy atom. The number of nitrogens with zero attached hydrogens (tertiary/aromatic N) is 1. The molecule has 4 aromatic rings. The number of hydrogen-bond donors (Lipinski definition) is 0. The molecule has 1 heterocycles. The predicted octanol–water partition coefficient (Wildman–Crippen LogP) is 9.09. The van der Waals surface area contributed by atoms with E-state index in [1.54, 1.807) is 0 Å². The fourth-order valence-corrected chi connectivity index (χ4v) is 5.03. The van der Waals surface area contributed by atoms with Crippen LogP contribution >= 0.6 is 15.9 Å². The van der Waals surface area contributed by atoms with Crippen LogP contribution in [0.1, 0.15) is 57.9 Å². The van der Waals surface area contributed by atoms with Gasteiger partial charge < -0.3 is 4.57 Å². The molecular formula is C28H32BrN. The summed E-state index contributed by atoms with van der Waals surface area (Å²) < 4.78 is 3.58.